The summed E-state index contributed by atoms with van der Waals surface area (Å²) in [5, 5.41) is 4.36. The van der Waals surface area contributed by atoms with E-state index >= 15 is 0 Å². The van der Waals surface area contributed by atoms with Gasteiger partial charge in [-0.3, -0.25) is 4.79 Å². The Morgan fingerprint density at radius 1 is 0.838 bits per heavy atom. The van der Waals surface area contributed by atoms with Crippen LogP contribution in [0.1, 0.15) is 15.9 Å². The Bertz CT molecular complexity index is 1870. The molecule has 0 spiro atoms. The fourth-order valence-electron chi connectivity index (χ4n) is 4.12. The van der Waals surface area contributed by atoms with Crippen LogP contribution in [0.2, 0.25) is 5.02 Å². The van der Waals surface area contributed by atoms with E-state index in [-0.39, 0.29) is 5.91 Å². The number of fused-ring (bicyclic) bond motifs is 2. The highest BCUT2D eigenvalue weighted by atomic mass is 35.5. The Labute approximate surface area is 216 Å². The average Bonchev–Trinajstić information content (AvgIpc) is 3.33. The van der Waals surface area contributed by atoms with Gasteiger partial charge in [-0.2, -0.15) is 0 Å². The van der Waals surface area contributed by atoms with Gasteiger partial charge in [-0.1, -0.05) is 48.0 Å². The summed E-state index contributed by atoms with van der Waals surface area (Å²) in [7, 11) is 0. The van der Waals surface area contributed by atoms with Crippen molar-refractivity contribution in [2.45, 2.75) is 6.92 Å². The Morgan fingerprint density at radius 3 is 2.43 bits per heavy atom. The van der Waals surface area contributed by atoms with Crippen molar-refractivity contribution in [1.29, 1.82) is 0 Å². The molecular weight excluding hydrogens is 488 g/mol. The van der Waals surface area contributed by atoms with Crippen molar-refractivity contribution in [3.05, 3.63) is 118 Å². The number of halogens is 1. The number of para-hydroxylation sites is 1. The lowest BCUT2D eigenvalue weighted by atomic mass is 10.0. The molecule has 0 bridgehead atoms. The summed E-state index contributed by atoms with van der Waals surface area (Å²) >= 11 is 6.24. The van der Waals surface area contributed by atoms with Gasteiger partial charge in [0.1, 0.15) is 11.1 Å². The molecule has 0 aliphatic rings. The maximum absolute atomic E-state index is 12.9. The van der Waals surface area contributed by atoms with E-state index in [0.717, 1.165) is 16.5 Å². The number of benzene rings is 4. The molecule has 0 radical (unpaired) electrons. The predicted octanol–water partition coefficient (Wildman–Crippen LogP) is 7.48. The number of oxazole rings is 1. The lowest BCUT2D eigenvalue weighted by molar-refractivity contribution is 0.102. The summed E-state index contributed by atoms with van der Waals surface area (Å²) in [6, 6.07) is 26.8. The van der Waals surface area contributed by atoms with Crippen molar-refractivity contribution in [2.75, 3.05) is 5.32 Å². The van der Waals surface area contributed by atoms with Crippen LogP contribution in [0.4, 0.5) is 5.69 Å². The van der Waals surface area contributed by atoms with Crippen LogP contribution in [0, 0.1) is 6.92 Å². The number of nitrogens with one attached hydrogen (secondary N) is 1. The number of carbonyl (C=O) groups is 1. The summed E-state index contributed by atoms with van der Waals surface area (Å²) in [5.74, 6) is 0.166. The molecule has 6 rings (SSSR count). The fraction of sp³-hybridized carbons (Fsp3) is 0.0333. The molecule has 6 aromatic rings. The number of hydrogen-bond donors (Lipinski definition) is 1. The third-order valence-corrected chi connectivity index (χ3v) is 6.57. The van der Waals surface area contributed by atoms with Crippen molar-refractivity contribution in [3.63, 3.8) is 0 Å². The summed E-state index contributed by atoms with van der Waals surface area (Å²) in [6.45, 7) is 1.93. The van der Waals surface area contributed by atoms with E-state index in [0.29, 0.717) is 50.0 Å². The molecule has 2 heterocycles. The van der Waals surface area contributed by atoms with Crippen LogP contribution in [-0.2, 0) is 0 Å². The summed E-state index contributed by atoms with van der Waals surface area (Å²) in [4.78, 5) is 29.9. The average molecular weight is 507 g/mol. The van der Waals surface area contributed by atoms with Gasteiger partial charge in [0, 0.05) is 27.2 Å². The standard InChI is InChI=1S/C30H19ClN2O4/c1-17-6-7-21(15-24(17)31)29-33-25-16-22(12-13-27(25)36-29)32-28(34)19-10-8-18(9-11-19)23-14-20-4-2-3-5-26(20)37-30(23)35/h2-16H,1H3,(H,32,34). The first-order chi connectivity index (χ1) is 17.9. The Morgan fingerprint density at radius 2 is 1.62 bits per heavy atom. The minimum Gasteiger partial charge on any atom is -0.436 e. The minimum atomic E-state index is -0.427. The summed E-state index contributed by atoms with van der Waals surface area (Å²) < 4.78 is 11.3. The van der Waals surface area contributed by atoms with Crippen LogP contribution < -0.4 is 10.9 Å². The number of rotatable bonds is 4. The highest BCUT2D eigenvalue weighted by Crippen LogP contribution is 2.29. The normalized spacial score (nSPS) is 11.2. The summed E-state index contributed by atoms with van der Waals surface area (Å²) in [5.41, 5.74) is 5.21. The quantitative estimate of drug-likeness (QED) is 0.250. The Hall–Kier alpha value is -4.68. The third kappa shape index (κ3) is 4.39. The van der Waals surface area contributed by atoms with E-state index in [1.165, 1.54) is 0 Å². The van der Waals surface area contributed by atoms with Crippen molar-refractivity contribution < 1.29 is 13.6 Å². The van der Waals surface area contributed by atoms with Crippen LogP contribution >= 0.6 is 11.6 Å². The topological polar surface area (TPSA) is 85.3 Å². The Kier molecular flexibility index (Phi) is 5.58. The smallest absolute Gasteiger partial charge is 0.344 e. The highest BCUT2D eigenvalue weighted by Gasteiger charge is 2.13. The number of carbonyl (C=O) groups excluding carboxylic acids is 1. The zero-order valence-corrected chi connectivity index (χ0v) is 20.4. The van der Waals surface area contributed by atoms with E-state index in [9.17, 15) is 9.59 Å². The van der Waals surface area contributed by atoms with Crippen LogP contribution in [0.15, 0.2) is 105 Å². The summed E-state index contributed by atoms with van der Waals surface area (Å²) in [6.07, 6.45) is 0. The number of aryl methyl sites for hydroxylation is 1. The van der Waals surface area contributed by atoms with Gasteiger partial charge in [0.05, 0.1) is 5.56 Å². The Balaban J connectivity index is 1.22. The van der Waals surface area contributed by atoms with E-state index in [1.54, 1.807) is 54.6 Å². The molecule has 0 aliphatic heterocycles. The van der Waals surface area contributed by atoms with Crippen molar-refractivity contribution in [2.24, 2.45) is 0 Å². The molecule has 1 amide bonds. The van der Waals surface area contributed by atoms with Crippen molar-refractivity contribution in [1.82, 2.24) is 4.98 Å². The molecule has 0 saturated carbocycles. The van der Waals surface area contributed by atoms with Gasteiger partial charge in [-0.25, -0.2) is 9.78 Å². The number of anilines is 1. The maximum Gasteiger partial charge on any atom is 0.344 e. The highest BCUT2D eigenvalue weighted by molar-refractivity contribution is 6.31. The first-order valence-electron chi connectivity index (χ1n) is 11.6. The first-order valence-corrected chi connectivity index (χ1v) is 11.9. The van der Waals surface area contributed by atoms with E-state index in [2.05, 4.69) is 10.3 Å². The molecule has 6 nitrogen and oxygen atoms in total. The predicted molar refractivity (Wildman–Crippen MR) is 145 cm³/mol. The molecular formula is C30H19ClN2O4. The van der Waals surface area contributed by atoms with Gasteiger partial charge < -0.3 is 14.2 Å². The van der Waals surface area contributed by atoms with Crippen molar-refractivity contribution >= 4 is 45.3 Å². The molecule has 37 heavy (non-hydrogen) atoms. The second-order valence-corrected chi connectivity index (χ2v) is 9.09. The molecule has 180 valence electrons. The van der Waals surface area contributed by atoms with E-state index in [4.69, 9.17) is 20.4 Å². The van der Waals surface area contributed by atoms with E-state index < -0.39 is 5.63 Å². The monoisotopic (exact) mass is 506 g/mol. The van der Waals surface area contributed by atoms with Crippen LogP contribution in [0.3, 0.4) is 0 Å². The van der Waals surface area contributed by atoms with Gasteiger partial charge >= 0.3 is 5.63 Å². The van der Waals surface area contributed by atoms with Gasteiger partial charge in [0.25, 0.3) is 5.91 Å². The third-order valence-electron chi connectivity index (χ3n) is 6.16. The number of nitrogens with zero attached hydrogens (tertiary/aromatic N) is 1. The number of aromatic nitrogens is 1. The second-order valence-electron chi connectivity index (χ2n) is 8.68. The van der Waals surface area contributed by atoms with Gasteiger partial charge in [-0.15, -0.1) is 0 Å². The molecule has 0 atom stereocenters. The van der Waals surface area contributed by atoms with Crippen LogP contribution in [-0.4, -0.2) is 10.9 Å². The molecule has 4 aromatic carbocycles. The van der Waals surface area contributed by atoms with Crippen LogP contribution in [0.25, 0.3) is 44.7 Å². The minimum absolute atomic E-state index is 0.287. The molecule has 2 aromatic heterocycles. The maximum atomic E-state index is 12.9. The second kappa shape index (κ2) is 9.08. The molecule has 1 N–H and O–H groups in total. The van der Waals surface area contributed by atoms with Gasteiger partial charge in [0.15, 0.2) is 5.58 Å². The molecule has 0 saturated heterocycles. The molecule has 7 heteroatoms. The number of hydrogen-bond acceptors (Lipinski definition) is 5. The zero-order valence-electron chi connectivity index (χ0n) is 19.6. The zero-order chi connectivity index (χ0) is 25.5. The van der Waals surface area contributed by atoms with Crippen molar-refractivity contribution in [3.8, 4) is 22.6 Å². The largest absolute Gasteiger partial charge is 0.436 e. The molecule has 0 unspecified atom stereocenters. The lowest BCUT2D eigenvalue weighted by Crippen LogP contribution is -2.11. The lowest BCUT2D eigenvalue weighted by Gasteiger charge is -2.07. The number of amides is 1. The SMILES string of the molecule is Cc1ccc(-c2nc3cc(NC(=O)c4ccc(-c5cc6ccccc6oc5=O)cc4)ccc3o2)cc1Cl. The van der Waals surface area contributed by atoms with Gasteiger partial charge in [-0.05, 0) is 72.6 Å². The van der Waals surface area contributed by atoms with E-state index in [1.807, 2.05) is 43.3 Å². The fourth-order valence-corrected chi connectivity index (χ4v) is 4.30. The molecule has 0 aliphatic carbocycles. The first kappa shape index (κ1) is 22.8. The molecule has 0 fully saturated rings. The van der Waals surface area contributed by atoms with Crippen LogP contribution in [0.5, 0.6) is 0 Å². The van der Waals surface area contributed by atoms with Gasteiger partial charge in [0.2, 0.25) is 5.89 Å².